The molecule has 1 saturated heterocycles. The largest absolute Gasteiger partial charge is 0.369 e. The van der Waals surface area contributed by atoms with Crippen LogP contribution in [0.1, 0.15) is 45.6 Å². The fourth-order valence-electron chi connectivity index (χ4n) is 4.01. The molecule has 0 saturated carbocycles. The van der Waals surface area contributed by atoms with E-state index < -0.39 is 10.0 Å². The second kappa shape index (κ2) is 10.3. The Morgan fingerprint density at radius 2 is 1.61 bits per heavy atom. The maximum absolute atomic E-state index is 12.7. The van der Waals surface area contributed by atoms with Crippen molar-refractivity contribution >= 4 is 27.3 Å². The summed E-state index contributed by atoms with van der Waals surface area (Å²) in [5.41, 5.74) is 2.66. The van der Waals surface area contributed by atoms with Gasteiger partial charge in [-0.1, -0.05) is 18.6 Å². The lowest BCUT2D eigenvalue weighted by Crippen LogP contribution is -2.35. The van der Waals surface area contributed by atoms with Gasteiger partial charge in [0.05, 0.1) is 11.3 Å². The summed E-state index contributed by atoms with van der Waals surface area (Å²) in [7, 11) is -3.45. The van der Waals surface area contributed by atoms with Crippen molar-refractivity contribution in [2.24, 2.45) is 0 Å². The van der Waals surface area contributed by atoms with Crippen molar-refractivity contribution in [3.8, 4) is 0 Å². The van der Waals surface area contributed by atoms with Gasteiger partial charge in [-0.3, -0.25) is 4.79 Å². The number of carbonyl (C=O) groups excluding carboxylic acids is 1. The molecule has 1 aliphatic rings. The molecule has 7 heteroatoms. The summed E-state index contributed by atoms with van der Waals surface area (Å²) in [6.07, 6.45) is 3.09. The van der Waals surface area contributed by atoms with Crippen molar-refractivity contribution in [3.05, 3.63) is 54.1 Å². The van der Waals surface area contributed by atoms with E-state index in [0.717, 1.165) is 42.7 Å². The molecule has 0 radical (unpaired) electrons. The van der Waals surface area contributed by atoms with Crippen molar-refractivity contribution in [1.82, 2.24) is 4.31 Å². The number of rotatable bonds is 8. The fourth-order valence-corrected chi connectivity index (χ4v) is 5.52. The molecule has 1 N–H and O–H groups in total. The number of sulfonamides is 1. The van der Waals surface area contributed by atoms with Gasteiger partial charge in [-0.05, 0) is 75.6 Å². The highest BCUT2D eigenvalue weighted by Crippen LogP contribution is 2.22. The van der Waals surface area contributed by atoms with Crippen LogP contribution in [0.15, 0.2) is 53.4 Å². The number of benzene rings is 2. The number of hydrogen-bond donors (Lipinski definition) is 1. The SMILES string of the molecule is CCN(c1ccc(NC(=O)Cc2ccc(S(=O)(=O)N3CCCCC3)cc2)cc1)C(C)C. The van der Waals surface area contributed by atoms with E-state index in [2.05, 4.69) is 31.0 Å². The fraction of sp³-hybridized carbons (Fsp3) is 0.458. The van der Waals surface area contributed by atoms with Crippen molar-refractivity contribution in [1.29, 1.82) is 0 Å². The number of carbonyl (C=O) groups is 1. The van der Waals surface area contributed by atoms with Crippen LogP contribution < -0.4 is 10.2 Å². The summed E-state index contributed by atoms with van der Waals surface area (Å²) in [5.74, 6) is -0.129. The number of anilines is 2. The molecule has 6 nitrogen and oxygen atoms in total. The summed E-state index contributed by atoms with van der Waals surface area (Å²) in [5, 5.41) is 2.92. The van der Waals surface area contributed by atoms with Gasteiger partial charge < -0.3 is 10.2 Å². The summed E-state index contributed by atoms with van der Waals surface area (Å²) in [4.78, 5) is 15.0. The van der Waals surface area contributed by atoms with Crippen LogP contribution in [-0.4, -0.2) is 44.3 Å². The molecule has 2 aromatic rings. The number of hydrogen-bond acceptors (Lipinski definition) is 4. The van der Waals surface area contributed by atoms with Crippen molar-refractivity contribution in [2.45, 2.75) is 57.4 Å². The first kappa shape index (κ1) is 23.3. The molecule has 0 aliphatic carbocycles. The molecule has 168 valence electrons. The monoisotopic (exact) mass is 443 g/mol. The Labute approximate surface area is 186 Å². The molecule has 0 aromatic heterocycles. The first-order valence-electron chi connectivity index (χ1n) is 11.1. The summed E-state index contributed by atoms with van der Waals surface area (Å²) >= 11 is 0. The van der Waals surface area contributed by atoms with Gasteiger partial charge in [0, 0.05) is 37.1 Å². The van der Waals surface area contributed by atoms with Crippen molar-refractivity contribution < 1.29 is 13.2 Å². The van der Waals surface area contributed by atoms with Crippen LogP contribution in [0.4, 0.5) is 11.4 Å². The number of amides is 1. The van der Waals surface area contributed by atoms with Gasteiger partial charge >= 0.3 is 0 Å². The topological polar surface area (TPSA) is 69.7 Å². The molecule has 0 atom stereocenters. The summed E-state index contributed by atoms with van der Waals surface area (Å²) in [6.45, 7) is 8.52. The Morgan fingerprint density at radius 1 is 1.00 bits per heavy atom. The van der Waals surface area contributed by atoms with E-state index in [-0.39, 0.29) is 12.3 Å². The Hall–Kier alpha value is -2.38. The Bertz CT molecular complexity index is 964. The predicted molar refractivity (Wildman–Crippen MR) is 126 cm³/mol. The van der Waals surface area contributed by atoms with Crippen LogP contribution in [0.5, 0.6) is 0 Å². The van der Waals surface area contributed by atoms with Gasteiger partial charge in [-0.25, -0.2) is 8.42 Å². The minimum absolute atomic E-state index is 0.129. The summed E-state index contributed by atoms with van der Waals surface area (Å²) in [6, 6.07) is 14.9. The predicted octanol–water partition coefficient (Wildman–Crippen LogP) is 4.28. The summed E-state index contributed by atoms with van der Waals surface area (Å²) < 4.78 is 27.0. The first-order valence-corrected chi connectivity index (χ1v) is 12.5. The molecule has 1 fully saturated rings. The van der Waals surface area contributed by atoms with E-state index in [4.69, 9.17) is 0 Å². The van der Waals surface area contributed by atoms with Crippen LogP contribution in [-0.2, 0) is 21.2 Å². The third kappa shape index (κ3) is 5.86. The minimum atomic E-state index is -3.45. The molecule has 1 heterocycles. The highest BCUT2D eigenvalue weighted by atomic mass is 32.2. The van der Waals surface area contributed by atoms with E-state index in [1.807, 2.05) is 24.3 Å². The third-order valence-electron chi connectivity index (χ3n) is 5.69. The minimum Gasteiger partial charge on any atom is -0.369 e. The first-order chi connectivity index (χ1) is 14.8. The molecule has 0 spiro atoms. The highest BCUT2D eigenvalue weighted by Gasteiger charge is 2.25. The molecule has 3 rings (SSSR count). The van der Waals surface area contributed by atoms with Crippen LogP contribution in [0, 0.1) is 0 Å². The van der Waals surface area contributed by atoms with Gasteiger partial charge in [-0.15, -0.1) is 0 Å². The number of nitrogens with one attached hydrogen (secondary N) is 1. The van der Waals surface area contributed by atoms with Crippen molar-refractivity contribution in [2.75, 3.05) is 29.9 Å². The van der Waals surface area contributed by atoms with Crippen LogP contribution in [0.2, 0.25) is 0 Å². The molecule has 1 aliphatic heterocycles. The molecular weight excluding hydrogens is 410 g/mol. The molecule has 2 aromatic carbocycles. The van der Waals surface area contributed by atoms with E-state index in [0.29, 0.717) is 24.0 Å². The Morgan fingerprint density at radius 3 is 2.16 bits per heavy atom. The number of piperidine rings is 1. The zero-order valence-corrected chi connectivity index (χ0v) is 19.5. The van der Waals surface area contributed by atoms with Gasteiger partial charge in [-0.2, -0.15) is 4.31 Å². The van der Waals surface area contributed by atoms with Gasteiger partial charge in [0.25, 0.3) is 0 Å². The second-order valence-corrected chi connectivity index (χ2v) is 10.2. The smallest absolute Gasteiger partial charge is 0.243 e. The average Bonchev–Trinajstić information content (AvgIpc) is 2.76. The standard InChI is InChI=1S/C24H33N3O3S/c1-4-27(19(2)3)22-12-10-21(11-13-22)25-24(28)18-20-8-14-23(15-9-20)31(29,30)26-16-6-5-7-17-26/h8-15,19H,4-7,16-18H2,1-3H3,(H,25,28). The molecule has 31 heavy (non-hydrogen) atoms. The zero-order valence-electron chi connectivity index (χ0n) is 18.7. The van der Waals surface area contributed by atoms with E-state index in [9.17, 15) is 13.2 Å². The molecule has 0 bridgehead atoms. The molecule has 1 amide bonds. The molecule has 0 unspecified atom stereocenters. The van der Waals surface area contributed by atoms with E-state index >= 15 is 0 Å². The maximum atomic E-state index is 12.7. The van der Waals surface area contributed by atoms with E-state index in [1.54, 1.807) is 28.6 Å². The Balaban J connectivity index is 1.59. The van der Waals surface area contributed by atoms with Gasteiger partial charge in [0.15, 0.2) is 0 Å². The lowest BCUT2D eigenvalue weighted by atomic mass is 10.1. The van der Waals surface area contributed by atoms with Crippen LogP contribution in [0.3, 0.4) is 0 Å². The maximum Gasteiger partial charge on any atom is 0.243 e. The van der Waals surface area contributed by atoms with Crippen LogP contribution in [0.25, 0.3) is 0 Å². The van der Waals surface area contributed by atoms with Crippen LogP contribution >= 0.6 is 0 Å². The molecular formula is C24H33N3O3S. The average molecular weight is 444 g/mol. The normalized spacial score (nSPS) is 15.1. The quantitative estimate of drug-likeness (QED) is 0.661. The lowest BCUT2D eigenvalue weighted by molar-refractivity contribution is -0.115. The number of nitrogens with zero attached hydrogens (tertiary/aromatic N) is 2. The van der Waals surface area contributed by atoms with Gasteiger partial charge in [0.2, 0.25) is 15.9 Å². The lowest BCUT2D eigenvalue weighted by Gasteiger charge is -2.27. The van der Waals surface area contributed by atoms with E-state index in [1.165, 1.54) is 0 Å². The third-order valence-corrected chi connectivity index (χ3v) is 7.60. The highest BCUT2D eigenvalue weighted by molar-refractivity contribution is 7.89. The zero-order chi connectivity index (χ0) is 22.4. The van der Waals surface area contributed by atoms with Gasteiger partial charge in [0.1, 0.15) is 0 Å². The Kier molecular flexibility index (Phi) is 7.73. The second-order valence-electron chi connectivity index (χ2n) is 8.26. The van der Waals surface area contributed by atoms with Crippen molar-refractivity contribution in [3.63, 3.8) is 0 Å².